The second kappa shape index (κ2) is 10.8. The molecule has 187 valence electrons. The minimum absolute atomic E-state index is 0.0230. The van der Waals surface area contributed by atoms with Crippen LogP contribution in [0.1, 0.15) is 6.42 Å². The highest BCUT2D eigenvalue weighted by molar-refractivity contribution is 5.03. The summed E-state index contributed by atoms with van der Waals surface area (Å²) in [6, 6.07) is -3.42. The molecule has 2 saturated heterocycles. The third-order valence-corrected chi connectivity index (χ3v) is 6.24. The van der Waals surface area contributed by atoms with Crippen molar-refractivity contribution in [2.24, 2.45) is 28.7 Å². The fourth-order valence-corrected chi connectivity index (χ4v) is 4.28. The van der Waals surface area contributed by atoms with Crippen molar-refractivity contribution in [2.45, 2.75) is 92.0 Å². The zero-order valence-electron chi connectivity index (χ0n) is 17.5. The van der Waals surface area contributed by atoms with Crippen molar-refractivity contribution in [3.8, 4) is 0 Å². The fraction of sp³-hybridized carbons (Fsp3) is 0.944. The number of aliphatic hydroxyl groups excluding tert-OH is 5. The average Bonchev–Trinajstić information content (AvgIpc) is 2.75. The van der Waals surface area contributed by atoms with Gasteiger partial charge in [0, 0.05) is 25.0 Å². The first-order chi connectivity index (χ1) is 15.1. The molecule has 14 atom stereocenters. The minimum Gasteiger partial charge on any atom is -0.394 e. The molecule has 14 heteroatoms. The Hall–Kier alpha value is -0.560. The Labute approximate surface area is 185 Å². The van der Waals surface area contributed by atoms with E-state index in [2.05, 4.69) is 0 Å². The summed E-state index contributed by atoms with van der Waals surface area (Å²) in [7, 11) is 0. The Morgan fingerprint density at radius 2 is 1.38 bits per heavy atom. The molecule has 32 heavy (non-hydrogen) atoms. The van der Waals surface area contributed by atoms with Crippen molar-refractivity contribution in [2.75, 3.05) is 13.2 Å². The normalized spacial score (nSPS) is 52.7. The molecule has 2 heterocycles. The van der Waals surface area contributed by atoms with Gasteiger partial charge in [0.1, 0.15) is 36.6 Å². The first-order valence-corrected chi connectivity index (χ1v) is 10.6. The van der Waals surface area contributed by atoms with Gasteiger partial charge in [-0.25, -0.2) is 0 Å². The Kier molecular flexibility index (Phi) is 8.79. The lowest BCUT2D eigenvalue weighted by Gasteiger charge is -2.47. The lowest BCUT2D eigenvalue weighted by molar-refractivity contribution is -0.313. The highest BCUT2D eigenvalue weighted by Gasteiger charge is 2.50. The summed E-state index contributed by atoms with van der Waals surface area (Å²) < 4.78 is 22.6. The van der Waals surface area contributed by atoms with Crippen molar-refractivity contribution < 1.29 is 44.5 Å². The van der Waals surface area contributed by atoms with E-state index < -0.39 is 92.2 Å². The molecule has 0 bridgehead atoms. The van der Waals surface area contributed by atoms with Crippen molar-refractivity contribution >= 4 is 0 Å². The van der Waals surface area contributed by atoms with Crippen LogP contribution in [-0.2, 0) is 18.9 Å². The molecular formula is C18H36N5O9. The van der Waals surface area contributed by atoms with Gasteiger partial charge in [0.2, 0.25) is 0 Å². The van der Waals surface area contributed by atoms with Crippen LogP contribution < -0.4 is 28.7 Å². The lowest BCUT2D eigenvalue weighted by Crippen LogP contribution is -2.68. The summed E-state index contributed by atoms with van der Waals surface area (Å²) >= 11 is 0. The molecule has 1 radical (unpaired) electrons. The second-order valence-corrected chi connectivity index (χ2v) is 8.58. The molecule has 0 spiro atoms. The van der Waals surface area contributed by atoms with E-state index in [0.717, 1.165) is 0 Å². The van der Waals surface area contributed by atoms with Gasteiger partial charge in [-0.05, 0) is 6.42 Å². The van der Waals surface area contributed by atoms with Gasteiger partial charge >= 0.3 is 0 Å². The first-order valence-electron chi connectivity index (χ1n) is 10.6. The zero-order chi connectivity index (χ0) is 23.7. The van der Waals surface area contributed by atoms with Gasteiger partial charge in [0.05, 0.1) is 30.9 Å². The Balaban J connectivity index is 1.70. The van der Waals surface area contributed by atoms with Crippen molar-refractivity contribution in [3.05, 3.63) is 6.42 Å². The molecule has 0 aromatic heterocycles. The number of rotatable bonds is 6. The molecule has 1 aliphatic carbocycles. The van der Waals surface area contributed by atoms with Crippen molar-refractivity contribution in [3.63, 3.8) is 0 Å². The Bertz CT molecular complexity index is 607. The van der Waals surface area contributed by atoms with Crippen molar-refractivity contribution in [1.29, 1.82) is 0 Å². The summed E-state index contributed by atoms with van der Waals surface area (Å²) in [6.45, 7) is -0.534. The van der Waals surface area contributed by atoms with E-state index in [4.69, 9.17) is 47.6 Å². The van der Waals surface area contributed by atoms with E-state index in [1.54, 1.807) is 0 Å². The number of hydrogen-bond acceptors (Lipinski definition) is 14. The highest BCUT2D eigenvalue weighted by Crippen LogP contribution is 2.30. The predicted octanol–water partition coefficient (Wildman–Crippen LogP) is -6.48. The molecule has 15 N–H and O–H groups in total. The summed E-state index contributed by atoms with van der Waals surface area (Å²) in [5, 5.41) is 50.6. The summed E-state index contributed by atoms with van der Waals surface area (Å²) in [5.74, 6) is 0. The van der Waals surface area contributed by atoms with Gasteiger partial charge in [-0.15, -0.1) is 0 Å². The van der Waals surface area contributed by atoms with Crippen LogP contribution >= 0.6 is 0 Å². The molecule has 0 aromatic carbocycles. The van der Waals surface area contributed by atoms with E-state index in [0.29, 0.717) is 0 Å². The van der Waals surface area contributed by atoms with E-state index in [1.807, 2.05) is 0 Å². The first kappa shape index (κ1) is 26.1. The third-order valence-electron chi connectivity index (χ3n) is 6.24. The molecule has 0 aromatic rings. The molecule has 3 aliphatic rings. The topological polar surface area (TPSA) is 268 Å². The van der Waals surface area contributed by atoms with Gasteiger partial charge in [-0.3, -0.25) is 0 Å². The number of aliphatic hydroxyl groups is 5. The van der Waals surface area contributed by atoms with Crippen molar-refractivity contribution in [1.82, 2.24) is 0 Å². The Morgan fingerprint density at radius 3 is 1.94 bits per heavy atom. The zero-order valence-corrected chi connectivity index (χ0v) is 17.5. The number of nitrogens with two attached hydrogens (primary N) is 5. The quantitative estimate of drug-likeness (QED) is 0.174. The highest BCUT2D eigenvalue weighted by atomic mass is 16.7. The Morgan fingerprint density at radius 1 is 0.812 bits per heavy atom. The lowest BCUT2D eigenvalue weighted by atomic mass is 9.84. The van der Waals surface area contributed by atoms with Crippen LogP contribution in [0.3, 0.4) is 0 Å². The van der Waals surface area contributed by atoms with Gasteiger partial charge in [0.15, 0.2) is 12.6 Å². The monoisotopic (exact) mass is 466 g/mol. The van der Waals surface area contributed by atoms with Crippen LogP contribution in [0.5, 0.6) is 0 Å². The molecule has 14 unspecified atom stereocenters. The smallest absolute Gasteiger partial charge is 0.186 e. The van der Waals surface area contributed by atoms with E-state index >= 15 is 0 Å². The van der Waals surface area contributed by atoms with Gasteiger partial charge in [-0.1, -0.05) is 0 Å². The van der Waals surface area contributed by atoms with Gasteiger partial charge < -0.3 is 73.1 Å². The predicted molar refractivity (Wildman–Crippen MR) is 108 cm³/mol. The van der Waals surface area contributed by atoms with Gasteiger partial charge in [0.25, 0.3) is 0 Å². The number of ether oxygens (including phenoxy) is 4. The van der Waals surface area contributed by atoms with E-state index in [9.17, 15) is 25.5 Å². The van der Waals surface area contributed by atoms with E-state index in [1.165, 1.54) is 6.42 Å². The molecule has 14 nitrogen and oxygen atoms in total. The summed E-state index contributed by atoms with van der Waals surface area (Å²) in [5.41, 5.74) is 29.7. The molecule has 3 fully saturated rings. The standard InChI is InChI=1S/C18H36N5O9/c19-3-9-8(25)2-7(22)17(29-9)31-15-5(20)1-6(21)16(14(15)28)32-18-13(27)11(23)12(26)10(4-24)30-18/h2,5-18,24-28H,1,3-4,19-23H2. The van der Waals surface area contributed by atoms with Crippen LogP contribution in [0.25, 0.3) is 0 Å². The van der Waals surface area contributed by atoms with Crippen LogP contribution in [0.2, 0.25) is 0 Å². The largest absolute Gasteiger partial charge is 0.394 e. The SMILES string of the molecule is NCC1OC(OC2C(N)CC(N)C(OC3OC(CO)C(O)C(N)C3O)C2O)C(N)[CH]C1O. The van der Waals surface area contributed by atoms with Gasteiger partial charge in [-0.2, -0.15) is 0 Å². The van der Waals surface area contributed by atoms with Crippen LogP contribution in [0, 0.1) is 6.42 Å². The van der Waals surface area contributed by atoms with Crippen LogP contribution in [-0.4, -0.2) is 124 Å². The second-order valence-electron chi connectivity index (χ2n) is 8.58. The van der Waals surface area contributed by atoms with E-state index in [-0.39, 0.29) is 13.0 Å². The maximum absolute atomic E-state index is 11.0. The summed E-state index contributed by atoms with van der Waals surface area (Å²) in [6.07, 6.45) is -9.83. The fourth-order valence-electron chi connectivity index (χ4n) is 4.28. The molecule has 3 rings (SSSR count). The maximum atomic E-state index is 11.0. The molecule has 0 amide bonds. The van der Waals surface area contributed by atoms with Crippen LogP contribution in [0.15, 0.2) is 0 Å². The summed E-state index contributed by atoms with van der Waals surface area (Å²) in [4.78, 5) is 0. The maximum Gasteiger partial charge on any atom is 0.186 e. The molecule has 1 saturated carbocycles. The average molecular weight is 467 g/mol. The minimum atomic E-state index is -1.45. The molecule has 2 aliphatic heterocycles. The van der Waals surface area contributed by atoms with Crippen LogP contribution in [0.4, 0.5) is 0 Å². The molecular weight excluding hydrogens is 430 g/mol. The third kappa shape index (κ3) is 5.24. The number of hydrogen-bond donors (Lipinski definition) is 10.